The van der Waals surface area contributed by atoms with Gasteiger partial charge in [0.2, 0.25) is 0 Å². The number of fused-ring (bicyclic) bond motifs is 2. The van der Waals surface area contributed by atoms with Crippen LogP contribution in [0.5, 0.6) is 0 Å². The summed E-state index contributed by atoms with van der Waals surface area (Å²) < 4.78 is 9.62. The number of aryl methyl sites for hydroxylation is 2. The molecular weight excluding hydrogens is 390 g/mol. The van der Waals surface area contributed by atoms with Crippen LogP contribution in [0.4, 0.5) is 0 Å². The van der Waals surface area contributed by atoms with Gasteiger partial charge < -0.3 is 14.6 Å². The number of benzene rings is 1. The van der Waals surface area contributed by atoms with Gasteiger partial charge in [0.05, 0.1) is 41.9 Å². The van der Waals surface area contributed by atoms with Crippen LogP contribution in [0, 0.1) is 6.92 Å². The lowest BCUT2D eigenvalue weighted by atomic mass is 10.1. The van der Waals surface area contributed by atoms with E-state index in [4.69, 9.17) is 16.3 Å². The van der Waals surface area contributed by atoms with Crippen molar-refractivity contribution in [3.63, 3.8) is 0 Å². The van der Waals surface area contributed by atoms with Gasteiger partial charge in [-0.15, -0.1) is 0 Å². The fourth-order valence-corrected chi connectivity index (χ4v) is 4.35. The molecule has 29 heavy (non-hydrogen) atoms. The zero-order chi connectivity index (χ0) is 20.0. The molecule has 8 heteroatoms. The Hall–Kier alpha value is -2.64. The van der Waals surface area contributed by atoms with Crippen molar-refractivity contribution in [3.05, 3.63) is 64.0 Å². The molecule has 4 heterocycles. The maximum atomic E-state index is 12.9. The molecule has 1 N–H and O–H groups in total. The monoisotopic (exact) mass is 411 g/mol. The summed E-state index contributed by atoms with van der Waals surface area (Å²) in [6, 6.07) is 5.57. The molecule has 0 spiro atoms. The second kappa shape index (κ2) is 7.31. The van der Waals surface area contributed by atoms with Crippen LogP contribution in [0.2, 0.25) is 5.02 Å². The molecule has 0 fully saturated rings. The number of imidazole rings is 1. The van der Waals surface area contributed by atoms with Crippen LogP contribution in [0.1, 0.15) is 52.0 Å². The predicted octanol–water partition coefficient (Wildman–Crippen LogP) is 3.37. The Balaban J connectivity index is 1.43. The number of carbonyl (C=O) groups excluding carboxylic acids is 1. The van der Waals surface area contributed by atoms with Crippen LogP contribution in [-0.4, -0.2) is 31.8 Å². The predicted molar refractivity (Wildman–Crippen MR) is 108 cm³/mol. The number of nitrogens with one attached hydrogen (secondary N) is 1. The minimum absolute atomic E-state index is 0.180. The number of halogens is 1. The summed E-state index contributed by atoms with van der Waals surface area (Å²) in [5, 5.41) is 8.29. The normalized spacial score (nSPS) is 18.2. The molecule has 0 unspecified atom stereocenters. The van der Waals surface area contributed by atoms with Crippen molar-refractivity contribution in [2.24, 2.45) is 0 Å². The van der Waals surface area contributed by atoms with E-state index in [-0.39, 0.29) is 11.9 Å². The molecule has 2 aliphatic heterocycles. The standard InChI is InChI=1S/C21H22ClN5O2/c1-13-5-4-7-17(19(13)22)27-18-12-29-11-16(15(18)10-24-27)25-21(28)20-23-9-14-6-2-3-8-26(14)20/h4-5,7,9-10,16H,2-3,6,8,11-12H2,1H3,(H,25,28)/t16-/m1/s1. The van der Waals surface area contributed by atoms with Crippen LogP contribution in [0.15, 0.2) is 30.6 Å². The van der Waals surface area contributed by atoms with E-state index in [0.717, 1.165) is 54.0 Å². The van der Waals surface area contributed by atoms with E-state index in [1.165, 1.54) is 0 Å². The third kappa shape index (κ3) is 3.14. The summed E-state index contributed by atoms with van der Waals surface area (Å²) in [5.74, 6) is 0.293. The first kappa shape index (κ1) is 18.4. The molecule has 1 atom stereocenters. The van der Waals surface area contributed by atoms with Gasteiger partial charge >= 0.3 is 0 Å². The van der Waals surface area contributed by atoms with Crippen molar-refractivity contribution in [2.45, 2.75) is 45.4 Å². The molecule has 0 radical (unpaired) electrons. The van der Waals surface area contributed by atoms with Gasteiger partial charge in [-0.1, -0.05) is 23.7 Å². The Labute approximate surface area is 173 Å². The fourth-order valence-electron chi connectivity index (χ4n) is 4.15. The van der Waals surface area contributed by atoms with Crippen molar-refractivity contribution >= 4 is 17.5 Å². The lowest BCUT2D eigenvalue weighted by molar-refractivity contribution is 0.0679. The van der Waals surface area contributed by atoms with E-state index in [2.05, 4.69) is 15.4 Å². The number of nitrogens with zero attached hydrogens (tertiary/aromatic N) is 4. The second-order valence-electron chi connectivity index (χ2n) is 7.59. The van der Waals surface area contributed by atoms with E-state index in [1.54, 1.807) is 10.9 Å². The van der Waals surface area contributed by atoms with E-state index >= 15 is 0 Å². The lowest BCUT2D eigenvalue weighted by Gasteiger charge is -2.25. The minimum atomic E-state index is -0.278. The first-order valence-electron chi connectivity index (χ1n) is 9.89. The summed E-state index contributed by atoms with van der Waals surface area (Å²) in [6.45, 7) is 3.63. The highest BCUT2D eigenvalue weighted by atomic mass is 35.5. The molecule has 1 amide bonds. The molecule has 0 bridgehead atoms. The molecule has 0 saturated carbocycles. The van der Waals surface area contributed by atoms with Crippen molar-refractivity contribution in [1.82, 2.24) is 24.6 Å². The second-order valence-corrected chi connectivity index (χ2v) is 7.97. The van der Waals surface area contributed by atoms with Gasteiger partial charge in [-0.25, -0.2) is 9.67 Å². The van der Waals surface area contributed by atoms with Gasteiger partial charge in [0.15, 0.2) is 5.82 Å². The zero-order valence-electron chi connectivity index (χ0n) is 16.2. The van der Waals surface area contributed by atoms with Crippen molar-refractivity contribution in [1.29, 1.82) is 0 Å². The first-order valence-corrected chi connectivity index (χ1v) is 10.3. The number of aromatic nitrogens is 4. The molecule has 7 nitrogen and oxygen atoms in total. The molecule has 2 aliphatic rings. The van der Waals surface area contributed by atoms with Crippen molar-refractivity contribution < 1.29 is 9.53 Å². The average Bonchev–Trinajstić information content (AvgIpc) is 3.35. The third-order valence-electron chi connectivity index (χ3n) is 5.71. The molecule has 0 aliphatic carbocycles. The summed E-state index contributed by atoms with van der Waals surface area (Å²) in [4.78, 5) is 17.3. The van der Waals surface area contributed by atoms with E-state index < -0.39 is 0 Å². The van der Waals surface area contributed by atoms with Crippen molar-refractivity contribution in [3.8, 4) is 5.69 Å². The van der Waals surface area contributed by atoms with Crippen LogP contribution in [-0.2, 0) is 24.3 Å². The Morgan fingerprint density at radius 2 is 2.21 bits per heavy atom. The Kier molecular flexibility index (Phi) is 4.64. The van der Waals surface area contributed by atoms with Crippen molar-refractivity contribution in [2.75, 3.05) is 6.61 Å². The summed E-state index contributed by atoms with van der Waals surface area (Å²) in [5.41, 5.74) is 4.78. The number of carbonyl (C=O) groups is 1. The molecule has 1 aromatic carbocycles. The van der Waals surface area contributed by atoms with Gasteiger partial charge in [0.25, 0.3) is 5.91 Å². The Morgan fingerprint density at radius 3 is 3.10 bits per heavy atom. The van der Waals surface area contributed by atoms with E-state index in [0.29, 0.717) is 24.1 Å². The maximum Gasteiger partial charge on any atom is 0.287 e. The molecule has 0 saturated heterocycles. The Bertz CT molecular complexity index is 1090. The van der Waals surface area contributed by atoms with Crippen LogP contribution < -0.4 is 5.32 Å². The number of hydrogen-bond acceptors (Lipinski definition) is 4. The van der Waals surface area contributed by atoms with E-state index in [9.17, 15) is 4.79 Å². The van der Waals surface area contributed by atoms with Gasteiger partial charge in [0, 0.05) is 24.0 Å². The molecule has 3 aromatic rings. The Morgan fingerprint density at radius 1 is 1.31 bits per heavy atom. The zero-order valence-corrected chi connectivity index (χ0v) is 16.9. The topological polar surface area (TPSA) is 74.0 Å². The van der Waals surface area contributed by atoms with Gasteiger partial charge in [-0.3, -0.25) is 4.79 Å². The largest absolute Gasteiger partial charge is 0.373 e. The fraction of sp³-hybridized carbons (Fsp3) is 0.381. The highest BCUT2D eigenvalue weighted by molar-refractivity contribution is 6.33. The third-order valence-corrected chi connectivity index (χ3v) is 6.20. The average molecular weight is 412 g/mol. The number of rotatable bonds is 3. The van der Waals surface area contributed by atoms with Gasteiger partial charge in [-0.2, -0.15) is 5.10 Å². The summed E-state index contributed by atoms with van der Waals surface area (Å²) >= 11 is 6.50. The summed E-state index contributed by atoms with van der Waals surface area (Å²) in [6.07, 6.45) is 6.80. The van der Waals surface area contributed by atoms with E-state index in [1.807, 2.05) is 35.9 Å². The van der Waals surface area contributed by atoms with Crippen LogP contribution in [0.3, 0.4) is 0 Å². The molecule has 2 aromatic heterocycles. The van der Waals surface area contributed by atoms with Crippen LogP contribution in [0.25, 0.3) is 5.69 Å². The number of hydrogen-bond donors (Lipinski definition) is 1. The first-order chi connectivity index (χ1) is 14.1. The molecule has 5 rings (SSSR count). The number of ether oxygens (including phenoxy) is 1. The SMILES string of the molecule is Cc1cccc(-n2ncc3c2COC[C@H]3NC(=O)c2ncc3n2CCCC3)c1Cl. The van der Waals surface area contributed by atoms with Gasteiger partial charge in [-0.05, 0) is 37.8 Å². The van der Waals surface area contributed by atoms with Crippen LogP contribution >= 0.6 is 11.6 Å². The van der Waals surface area contributed by atoms with Gasteiger partial charge in [0.1, 0.15) is 0 Å². The smallest absolute Gasteiger partial charge is 0.287 e. The highest BCUT2D eigenvalue weighted by Gasteiger charge is 2.29. The lowest BCUT2D eigenvalue weighted by Crippen LogP contribution is -2.36. The molecule has 150 valence electrons. The maximum absolute atomic E-state index is 12.9. The minimum Gasteiger partial charge on any atom is -0.373 e. The highest BCUT2D eigenvalue weighted by Crippen LogP contribution is 2.30. The quantitative estimate of drug-likeness (QED) is 0.717. The summed E-state index contributed by atoms with van der Waals surface area (Å²) in [7, 11) is 0. The number of amides is 1. The molecular formula is C21H22ClN5O2.